The van der Waals surface area contributed by atoms with Crippen molar-refractivity contribution < 1.29 is 4.79 Å². The van der Waals surface area contributed by atoms with Gasteiger partial charge in [0.05, 0.1) is 5.69 Å². The molecular weight excluding hydrogens is 434 g/mol. The van der Waals surface area contributed by atoms with E-state index in [1.807, 2.05) is 70.4 Å². The van der Waals surface area contributed by atoms with Crippen molar-refractivity contribution in [1.29, 1.82) is 0 Å². The van der Waals surface area contributed by atoms with E-state index in [1.165, 1.54) is 5.56 Å². The molecule has 5 rings (SSSR count). The number of carbonyl (C=O) groups excluding carboxylic acids is 1. The highest BCUT2D eigenvalue weighted by Crippen LogP contribution is 2.24. The minimum Gasteiger partial charge on any atom is -0.338 e. The fraction of sp³-hybridized carbons (Fsp3) is 0.207. The van der Waals surface area contributed by atoms with Gasteiger partial charge < -0.3 is 4.90 Å². The molecule has 0 unspecified atom stereocenters. The molecule has 0 aliphatic carbocycles. The predicted octanol–water partition coefficient (Wildman–Crippen LogP) is 4.68. The number of hydrogen-bond acceptors (Lipinski definition) is 4. The fourth-order valence-corrected chi connectivity index (χ4v) is 4.41. The molecule has 1 saturated heterocycles. The van der Waals surface area contributed by atoms with Gasteiger partial charge in [0, 0.05) is 68.5 Å². The molecule has 6 nitrogen and oxygen atoms in total. The quantitative estimate of drug-likeness (QED) is 0.390. The zero-order valence-corrected chi connectivity index (χ0v) is 19.7. The van der Waals surface area contributed by atoms with Gasteiger partial charge in [-0.2, -0.15) is 5.10 Å². The van der Waals surface area contributed by atoms with Gasteiger partial charge in [0.2, 0.25) is 5.91 Å². The van der Waals surface area contributed by atoms with Gasteiger partial charge in [-0.3, -0.25) is 14.7 Å². The normalized spacial score (nSPS) is 14.8. The number of rotatable bonds is 6. The standard InChI is InChI=1S/C29H29N5O/c35-28(33-18-8-17-32(19-20-33)22-24-9-3-1-4-10-24)15-14-26-23-34(27-12-5-2-6-13-27)31-29(26)25-11-7-16-30-21-25/h1-7,9-16,21,23H,8,17-20,22H2/b15-14+. The van der Waals surface area contributed by atoms with E-state index < -0.39 is 0 Å². The highest BCUT2D eigenvalue weighted by atomic mass is 16.2. The number of aromatic nitrogens is 3. The van der Waals surface area contributed by atoms with Crippen molar-refractivity contribution in [3.63, 3.8) is 0 Å². The Bertz CT molecular complexity index is 1270. The third-order valence-corrected chi connectivity index (χ3v) is 6.25. The Hall–Kier alpha value is -4.03. The zero-order chi connectivity index (χ0) is 23.9. The van der Waals surface area contributed by atoms with Crippen LogP contribution in [-0.2, 0) is 11.3 Å². The summed E-state index contributed by atoms with van der Waals surface area (Å²) in [6.07, 6.45) is 10.0. The van der Waals surface area contributed by atoms with Crippen LogP contribution in [0.5, 0.6) is 0 Å². The van der Waals surface area contributed by atoms with E-state index in [0.717, 1.165) is 61.7 Å². The number of hydrogen-bond donors (Lipinski definition) is 0. The highest BCUT2D eigenvalue weighted by Gasteiger charge is 2.18. The van der Waals surface area contributed by atoms with E-state index in [4.69, 9.17) is 5.10 Å². The van der Waals surface area contributed by atoms with Crippen LogP contribution in [0, 0.1) is 0 Å². The van der Waals surface area contributed by atoms with E-state index in [2.05, 4.69) is 34.1 Å². The maximum absolute atomic E-state index is 13.1. The minimum atomic E-state index is 0.0381. The topological polar surface area (TPSA) is 54.3 Å². The summed E-state index contributed by atoms with van der Waals surface area (Å²) in [6, 6.07) is 24.4. The summed E-state index contributed by atoms with van der Waals surface area (Å²) in [5.41, 5.74) is 4.88. The fourth-order valence-electron chi connectivity index (χ4n) is 4.41. The average Bonchev–Trinajstić information content (AvgIpc) is 3.21. The van der Waals surface area contributed by atoms with Gasteiger partial charge in [0.25, 0.3) is 0 Å². The monoisotopic (exact) mass is 463 g/mol. The Morgan fingerprint density at radius 1 is 0.886 bits per heavy atom. The first-order valence-electron chi connectivity index (χ1n) is 12.0. The second-order valence-electron chi connectivity index (χ2n) is 8.73. The third-order valence-electron chi connectivity index (χ3n) is 6.25. The number of para-hydroxylation sites is 1. The zero-order valence-electron chi connectivity index (χ0n) is 19.7. The Morgan fingerprint density at radius 2 is 1.69 bits per heavy atom. The summed E-state index contributed by atoms with van der Waals surface area (Å²) in [5.74, 6) is 0.0381. The van der Waals surface area contributed by atoms with Gasteiger partial charge in [0.1, 0.15) is 5.69 Å². The van der Waals surface area contributed by atoms with Crippen molar-refractivity contribution >= 4 is 12.0 Å². The Balaban J connectivity index is 1.30. The van der Waals surface area contributed by atoms with Crippen molar-refractivity contribution in [2.75, 3.05) is 26.2 Å². The van der Waals surface area contributed by atoms with Crippen LogP contribution in [0.4, 0.5) is 0 Å². The molecule has 1 amide bonds. The third kappa shape index (κ3) is 5.73. The summed E-state index contributed by atoms with van der Waals surface area (Å²) in [5, 5.41) is 4.80. The molecule has 176 valence electrons. The van der Waals surface area contributed by atoms with Crippen LogP contribution in [0.1, 0.15) is 17.5 Å². The molecular formula is C29H29N5O. The summed E-state index contributed by atoms with van der Waals surface area (Å²) >= 11 is 0. The molecule has 0 spiro atoms. The Morgan fingerprint density at radius 3 is 2.46 bits per heavy atom. The van der Waals surface area contributed by atoms with Gasteiger partial charge >= 0.3 is 0 Å². The maximum atomic E-state index is 13.1. The summed E-state index contributed by atoms with van der Waals surface area (Å²) in [7, 11) is 0. The van der Waals surface area contributed by atoms with E-state index in [0.29, 0.717) is 0 Å². The van der Waals surface area contributed by atoms with Crippen LogP contribution in [0.25, 0.3) is 23.0 Å². The smallest absolute Gasteiger partial charge is 0.246 e. The largest absolute Gasteiger partial charge is 0.338 e. The summed E-state index contributed by atoms with van der Waals surface area (Å²) < 4.78 is 1.85. The second kappa shape index (κ2) is 10.9. The van der Waals surface area contributed by atoms with Gasteiger partial charge in [-0.05, 0) is 42.3 Å². The molecule has 4 aromatic rings. The maximum Gasteiger partial charge on any atom is 0.246 e. The first-order chi connectivity index (χ1) is 17.3. The van der Waals surface area contributed by atoms with Crippen molar-refractivity contribution in [1.82, 2.24) is 24.6 Å². The first-order valence-corrected chi connectivity index (χ1v) is 12.0. The molecule has 0 atom stereocenters. The van der Waals surface area contributed by atoms with Crippen molar-refractivity contribution in [2.45, 2.75) is 13.0 Å². The highest BCUT2D eigenvalue weighted by molar-refractivity contribution is 5.93. The van der Waals surface area contributed by atoms with E-state index in [-0.39, 0.29) is 5.91 Å². The summed E-state index contributed by atoms with van der Waals surface area (Å²) in [6.45, 7) is 4.30. The molecule has 0 bridgehead atoms. The Labute approximate surface area is 206 Å². The van der Waals surface area contributed by atoms with Crippen LogP contribution >= 0.6 is 0 Å². The first kappa shape index (κ1) is 22.7. The van der Waals surface area contributed by atoms with Crippen LogP contribution in [-0.4, -0.2) is 56.7 Å². The van der Waals surface area contributed by atoms with Gasteiger partial charge in [0.15, 0.2) is 0 Å². The lowest BCUT2D eigenvalue weighted by molar-refractivity contribution is -0.125. The van der Waals surface area contributed by atoms with Crippen LogP contribution in [0.3, 0.4) is 0 Å². The number of pyridine rings is 1. The van der Waals surface area contributed by atoms with Gasteiger partial charge in [-0.15, -0.1) is 0 Å². The SMILES string of the molecule is O=C(/C=C/c1cn(-c2ccccc2)nc1-c1cccnc1)N1CCCN(Cc2ccccc2)CC1. The average molecular weight is 464 g/mol. The molecule has 6 heteroatoms. The number of amides is 1. The van der Waals surface area contributed by atoms with Crippen LogP contribution < -0.4 is 0 Å². The second-order valence-corrected chi connectivity index (χ2v) is 8.73. The molecule has 0 N–H and O–H groups in total. The minimum absolute atomic E-state index is 0.0381. The molecule has 35 heavy (non-hydrogen) atoms. The van der Waals surface area contributed by atoms with Crippen LogP contribution in [0.2, 0.25) is 0 Å². The van der Waals surface area contributed by atoms with Crippen molar-refractivity contribution in [2.24, 2.45) is 0 Å². The summed E-state index contributed by atoms with van der Waals surface area (Å²) in [4.78, 5) is 21.7. The van der Waals surface area contributed by atoms with E-state index in [9.17, 15) is 4.79 Å². The molecule has 2 aromatic heterocycles. The number of nitrogens with zero attached hydrogens (tertiary/aromatic N) is 5. The molecule has 2 aromatic carbocycles. The molecule has 1 fully saturated rings. The Kier molecular flexibility index (Phi) is 7.10. The predicted molar refractivity (Wildman–Crippen MR) is 139 cm³/mol. The molecule has 0 radical (unpaired) electrons. The molecule has 3 heterocycles. The number of carbonyl (C=O) groups is 1. The molecule has 0 saturated carbocycles. The number of benzene rings is 2. The molecule has 1 aliphatic heterocycles. The lowest BCUT2D eigenvalue weighted by Gasteiger charge is -2.21. The van der Waals surface area contributed by atoms with Crippen molar-refractivity contribution in [3.05, 3.63) is 109 Å². The lowest BCUT2D eigenvalue weighted by Crippen LogP contribution is -2.34. The van der Waals surface area contributed by atoms with Crippen molar-refractivity contribution in [3.8, 4) is 16.9 Å². The van der Waals surface area contributed by atoms with E-state index >= 15 is 0 Å². The van der Waals surface area contributed by atoms with Gasteiger partial charge in [-0.1, -0.05) is 48.5 Å². The lowest BCUT2D eigenvalue weighted by atomic mass is 10.1. The molecule has 1 aliphatic rings. The van der Waals surface area contributed by atoms with Crippen LogP contribution in [0.15, 0.2) is 97.5 Å². The van der Waals surface area contributed by atoms with E-state index in [1.54, 1.807) is 18.5 Å². The van der Waals surface area contributed by atoms with Gasteiger partial charge in [-0.25, -0.2) is 4.68 Å².